The van der Waals surface area contributed by atoms with Crippen LogP contribution in [0.4, 0.5) is 27.3 Å². The number of fused-ring (bicyclic) bond motifs is 3. The molecule has 3 aliphatic heterocycles. The minimum atomic E-state index is -0.466. The van der Waals surface area contributed by atoms with Crippen molar-refractivity contribution in [3.8, 4) is 10.4 Å². The Labute approximate surface area is 298 Å². The van der Waals surface area contributed by atoms with Crippen molar-refractivity contribution in [3.63, 3.8) is 0 Å². The van der Waals surface area contributed by atoms with Gasteiger partial charge in [-0.15, -0.1) is 11.3 Å². The Balaban J connectivity index is 0.952. The molecule has 0 atom stereocenters. The Bertz CT molecular complexity index is 2050. The number of nitrogens with zero attached hydrogens (tertiary/aromatic N) is 3. The second-order valence-electron chi connectivity index (χ2n) is 13.1. The molecule has 0 aliphatic carbocycles. The number of hydrogen-bond donors (Lipinski definition) is 2. The van der Waals surface area contributed by atoms with Gasteiger partial charge in [-0.2, -0.15) is 0 Å². The van der Waals surface area contributed by atoms with E-state index in [4.69, 9.17) is 9.72 Å². The molecule has 2 aromatic heterocycles. The molecule has 3 aromatic carbocycles. The predicted octanol–water partition coefficient (Wildman–Crippen LogP) is 8.45. The molecule has 8 rings (SSSR count). The first-order valence-electron chi connectivity index (χ1n) is 16.8. The number of aryl methyl sites for hydroxylation is 1. The number of carbonyl (C=O) groups excluding carboxylic acids is 2. The molecule has 3 aliphatic rings. The minimum absolute atomic E-state index is 0.0887. The number of pyridine rings is 1. The van der Waals surface area contributed by atoms with E-state index in [-0.39, 0.29) is 17.5 Å². The Morgan fingerprint density at radius 3 is 2.58 bits per heavy atom. The second-order valence-corrected chi connectivity index (χ2v) is 15.1. The molecule has 50 heavy (non-hydrogen) atoms. The van der Waals surface area contributed by atoms with Gasteiger partial charge in [0.1, 0.15) is 11.6 Å². The number of ether oxygens (including phenoxy) is 1. The summed E-state index contributed by atoms with van der Waals surface area (Å²) in [6, 6.07) is 26.0. The number of halogens is 1. The molecule has 1 spiro atoms. The van der Waals surface area contributed by atoms with Gasteiger partial charge in [-0.1, -0.05) is 30.3 Å². The Morgan fingerprint density at radius 1 is 0.980 bits per heavy atom. The van der Waals surface area contributed by atoms with Crippen LogP contribution in [0.1, 0.15) is 44.0 Å². The summed E-state index contributed by atoms with van der Waals surface area (Å²) < 4.78 is 23.5. The Morgan fingerprint density at radius 2 is 1.78 bits per heavy atom. The maximum Gasteiger partial charge on any atom is 0.265 e. The summed E-state index contributed by atoms with van der Waals surface area (Å²) in [5.74, 6) is 0.0913. The molecule has 2 saturated heterocycles. The van der Waals surface area contributed by atoms with Crippen LogP contribution in [0, 0.1) is 18.2 Å². The SMILES string of the molecule is Cc1cccc(F)c1NC(=O)c1cc2c(s1)-c1ccccc1N(C(=O)c1ccc(NSc3cccnc3N3CC4(CCOCC4)C3)cc1)CC2. The Hall–Kier alpha value is -4.71. The van der Waals surface area contributed by atoms with E-state index < -0.39 is 5.82 Å². The zero-order valence-electron chi connectivity index (χ0n) is 27.6. The monoisotopic (exact) mass is 705 g/mol. The molecule has 0 bridgehead atoms. The van der Waals surface area contributed by atoms with Crippen LogP contribution in [0.25, 0.3) is 10.4 Å². The molecule has 0 unspecified atom stereocenters. The smallest absolute Gasteiger partial charge is 0.265 e. The van der Waals surface area contributed by atoms with Gasteiger partial charge < -0.3 is 24.6 Å². The number of thiophene rings is 1. The molecular weight excluding hydrogens is 670 g/mol. The highest BCUT2D eigenvalue weighted by molar-refractivity contribution is 8.00. The first kappa shape index (κ1) is 32.5. The van der Waals surface area contributed by atoms with E-state index in [1.54, 1.807) is 19.1 Å². The zero-order chi connectivity index (χ0) is 34.2. The third-order valence-electron chi connectivity index (χ3n) is 9.85. The molecular formula is C39H36FN5O3S2. The number of anilines is 4. The number of amides is 2. The molecule has 2 N–H and O–H groups in total. The highest BCUT2D eigenvalue weighted by atomic mass is 32.2. The molecule has 0 radical (unpaired) electrons. The van der Waals surface area contributed by atoms with E-state index in [9.17, 15) is 14.0 Å². The maximum absolute atomic E-state index is 14.4. The first-order valence-corrected chi connectivity index (χ1v) is 18.4. The van der Waals surface area contributed by atoms with Crippen LogP contribution < -0.4 is 19.8 Å². The van der Waals surface area contributed by atoms with Gasteiger partial charge in [-0.3, -0.25) is 9.59 Å². The van der Waals surface area contributed by atoms with E-state index >= 15 is 0 Å². The molecule has 5 aromatic rings. The van der Waals surface area contributed by atoms with Crippen LogP contribution in [0.15, 0.2) is 96.0 Å². The minimum Gasteiger partial charge on any atom is -0.381 e. The van der Waals surface area contributed by atoms with E-state index in [2.05, 4.69) is 21.0 Å². The number of rotatable bonds is 7. The van der Waals surface area contributed by atoms with Crippen LogP contribution in [-0.2, 0) is 11.2 Å². The number of carbonyl (C=O) groups is 2. The highest BCUT2D eigenvalue weighted by Crippen LogP contribution is 2.44. The fourth-order valence-electron chi connectivity index (χ4n) is 7.07. The van der Waals surface area contributed by atoms with Crippen LogP contribution in [0.3, 0.4) is 0 Å². The van der Waals surface area contributed by atoms with Crippen molar-refractivity contribution in [2.75, 3.05) is 52.7 Å². The van der Waals surface area contributed by atoms with Crippen LogP contribution >= 0.6 is 23.3 Å². The molecule has 5 heterocycles. The van der Waals surface area contributed by atoms with Crippen LogP contribution in [-0.4, -0.2) is 49.6 Å². The summed E-state index contributed by atoms with van der Waals surface area (Å²) in [7, 11) is 0. The number of benzene rings is 3. The van der Waals surface area contributed by atoms with Crippen LogP contribution in [0.2, 0.25) is 0 Å². The normalized spacial score (nSPS) is 16.2. The maximum atomic E-state index is 14.4. The van der Waals surface area contributed by atoms with E-state index in [1.165, 1.54) is 29.4 Å². The van der Waals surface area contributed by atoms with Gasteiger partial charge in [0.2, 0.25) is 0 Å². The predicted molar refractivity (Wildman–Crippen MR) is 199 cm³/mol. The van der Waals surface area contributed by atoms with Gasteiger partial charge >= 0.3 is 0 Å². The fraction of sp³-hybridized carbons (Fsp3) is 0.256. The summed E-state index contributed by atoms with van der Waals surface area (Å²) in [5, 5.41) is 2.76. The topological polar surface area (TPSA) is 86.8 Å². The quantitative estimate of drug-likeness (QED) is 0.164. The van der Waals surface area contributed by atoms with Gasteiger partial charge in [-0.25, -0.2) is 9.37 Å². The third kappa shape index (κ3) is 6.25. The number of nitrogens with one attached hydrogen (secondary N) is 2. The standard InChI is InChI=1S/C39H36FN5O3S2/c1-25-6-4-8-30(40)34(25)42-37(46)33-22-27-15-19-45(31-9-3-2-7-29(31)35(27)49-33)38(47)26-11-13-28(14-12-26)43-50-32-10-5-18-41-36(32)44-23-39(24-44)16-20-48-21-17-39/h2-14,18,22,43H,15-17,19-21,23-24H2,1H3,(H,42,46). The lowest BCUT2D eigenvalue weighted by Crippen LogP contribution is -2.59. The van der Waals surface area contributed by atoms with Crippen molar-refractivity contribution >= 4 is 58.0 Å². The second kappa shape index (κ2) is 13.5. The van der Waals surface area contributed by atoms with Crippen molar-refractivity contribution in [1.82, 2.24) is 4.98 Å². The third-order valence-corrected chi connectivity index (χ3v) is 11.9. The van der Waals surface area contributed by atoms with Crippen molar-refractivity contribution in [3.05, 3.63) is 119 Å². The summed E-state index contributed by atoms with van der Waals surface area (Å²) >= 11 is 2.89. The van der Waals surface area contributed by atoms with Crippen molar-refractivity contribution in [2.24, 2.45) is 5.41 Å². The van der Waals surface area contributed by atoms with Gasteiger partial charge in [0.05, 0.1) is 21.1 Å². The summed E-state index contributed by atoms with van der Waals surface area (Å²) in [6.45, 7) is 5.93. The molecule has 0 saturated carbocycles. The van der Waals surface area contributed by atoms with Gasteiger partial charge in [-0.05, 0) is 104 Å². The Kier molecular flexibility index (Phi) is 8.80. The number of hydrogen-bond acceptors (Lipinski definition) is 8. The molecule has 11 heteroatoms. The summed E-state index contributed by atoms with van der Waals surface area (Å²) in [4.78, 5) is 38.6. The van der Waals surface area contributed by atoms with Gasteiger partial charge in [0.15, 0.2) is 0 Å². The van der Waals surface area contributed by atoms with E-state index in [0.717, 1.165) is 77.2 Å². The lowest BCUT2D eigenvalue weighted by atomic mass is 9.73. The lowest BCUT2D eigenvalue weighted by molar-refractivity contribution is -0.000625. The van der Waals surface area contributed by atoms with Crippen molar-refractivity contribution in [1.29, 1.82) is 0 Å². The molecule has 254 valence electrons. The van der Waals surface area contributed by atoms with E-state index in [1.807, 2.05) is 71.8 Å². The first-order chi connectivity index (χ1) is 24.4. The van der Waals surface area contributed by atoms with Gasteiger partial charge in [0, 0.05) is 66.2 Å². The summed E-state index contributed by atoms with van der Waals surface area (Å²) in [6.07, 6.45) is 4.64. The van der Waals surface area contributed by atoms with E-state index in [0.29, 0.717) is 34.4 Å². The molecule has 2 amide bonds. The zero-order valence-corrected chi connectivity index (χ0v) is 29.2. The largest absolute Gasteiger partial charge is 0.381 e. The van der Waals surface area contributed by atoms with Crippen LogP contribution in [0.5, 0.6) is 0 Å². The lowest BCUT2D eigenvalue weighted by Gasteiger charge is -2.53. The summed E-state index contributed by atoms with van der Waals surface area (Å²) in [5.41, 5.74) is 5.36. The van der Waals surface area contributed by atoms with Crippen molar-refractivity contribution < 1.29 is 18.7 Å². The molecule has 2 fully saturated rings. The molecule has 8 nitrogen and oxygen atoms in total. The highest BCUT2D eigenvalue weighted by Gasteiger charge is 2.45. The average Bonchev–Trinajstić information content (AvgIpc) is 3.50. The fourth-order valence-corrected chi connectivity index (χ4v) is 8.99. The van der Waals surface area contributed by atoms with Crippen molar-refractivity contribution in [2.45, 2.75) is 31.1 Å². The number of para-hydroxylation sites is 2. The average molecular weight is 706 g/mol. The van der Waals surface area contributed by atoms with Gasteiger partial charge in [0.25, 0.3) is 11.8 Å². The number of aromatic nitrogens is 1.